The van der Waals surface area contributed by atoms with E-state index < -0.39 is 33.3 Å². The molecule has 0 spiro atoms. The Balaban J connectivity index is 5.70. The van der Waals surface area contributed by atoms with E-state index in [0.717, 1.165) is 24.2 Å². The van der Waals surface area contributed by atoms with Gasteiger partial charge in [-0.15, -0.1) is 0 Å². The minimum Gasteiger partial charge on any atom is -0.433 e. The summed E-state index contributed by atoms with van der Waals surface area (Å²) in [5.74, 6) is 0. The first kappa shape index (κ1) is 27.3. The highest BCUT2D eigenvalue weighted by molar-refractivity contribution is 6.93. The highest BCUT2D eigenvalue weighted by atomic mass is 28.5. The molecule has 0 saturated heterocycles. The summed E-state index contributed by atoms with van der Waals surface area (Å²) in [4.78, 5) is 0. The van der Waals surface area contributed by atoms with Crippen molar-refractivity contribution in [3.8, 4) is 0 Å². The van der Waals surface area contributed by atoms with Crippen LogP contribution in [0.25, 0.3) is 0 Å². The van der Waals surface area contributed by atoms with Crippen LogP contribution in [0.4, 0.5) is 0 Å². The molecule has 0 aromatic rings. The van der Waals surface area contributed by atoms with Gasteiger partial charge in [0.1, 0.15) is 0 Å². The molecule has 0 saturated carbocycles. The van der Waals surface area contributed by atoms with Crippen molar-refractivity contribution >= 4 is 33.3 Å². The van der Waals surface area contributed by atoms with Crippen molar-refractivity contribution in [3.63, 3.8) is 0 Å². The fraction of sp³-hybridized carbons (Fsp3) is 0.810. The van der Waals surface area contributed by atoms with Crippen molar-refractivity contribution in [1.29, 1.82) is 0 Å². The molecule has 0 aliphatic rings. The van der Waals surface area contributed by atoms with Crippen molar-refractivity contribution in [2.45, 2.75) is 111 Å². The molecule has 0 aromatic carbocycles. The molecule has 27 heavy (non-hydrogen) atoms. The lowest BCUT2D eigenvalue weighted by Crippen LogP contribution is -2.54. The largest absolute Gasteiger partial charge is 0.433 e. The van der Waals surface area contributed by atoms with E-state index in [1.54, 1.807) is 0 Å². The minimum absolute atomic E-state index is 1.13. The zero-order chi connectivity index (χ0) is 21.2. The Hall–Kier alpha value is 0.268. The molecule has 0 amide bonds. The van der Waals surface area contributed by atoms with Crippen LogP contribution in [0.3, 0.4) is 0 Å². The zero-order valence-electron chi connectivity index (χ0n) is 20.1. The smallest absolute Gasteiger partial charge is 0.311 e. The van der Waals surface area contributed by atoms with Crippen molar-refractivity contribution in [2.24, 2.45) is 0 Å². The fourth-order valence-electron chi connectivity index (χ4n) is 4.06. The number of rotatable bonds is 14. The Morgan fingerprint density at radius 1 is 0.556 bits per heavy atom. The first-order valence-corrected chi connectivity index (χ1v) is 21.7. The predicted molar refractivity (Wildman–Crippen MR) is 134 cm³/mol. The molecule has 0 atom stereocenters. The number of allylic oxidation sites excluding steroid dienone is 1. The van der Waals surface area contributed by atoms with Crippen molar-refractivity contribution in [1.82, 2.24) is 0 Å². The Kier molecular flexibility index (Phi) is 12.2. The van der Waals surface area contributed by atoms with Crippen LogP contribution in [0.5, 0.6) is 0 Å². The lowest BCUT2D eigenvalue weighted by Gasteiger charge is -2.41. The lowest BCUT2D eigenvalue weighted by molar-refractivity contribution is 0.388. The van der Waals surface area contributed by atoms with E-state index >= 15 is 0 Å². The average Bonchev–Trinajstić information content (AvgIpc) is 2.67. The van der Waals surface area contributed by atoms with Crippen molar-refractivity contribution in [3.05, 3.63) is 23.2 Å². The van der Waals surface area contributed by atoms with Gasteiger partial charge in [-0.3, -0.25) is 0 Å². The fourth-order valence-corrected chi connectivity index (χ4v) is 22.7. The topological polar surface area (TPSA) is 18.5 Å². The lowest BCUT2D eigenvalue weighted by atomic mass is 10.8. The molecule has 0 heterocycles. The second kappa shape index (κ2) is 12.1. The normalized spacial score (nSPS) is 14.6. The predicted octanol–water partition coefficient (Wildman–Crippen LogP) is 7.95. The molecule has 0 aliphatic heterocycles. The quantitative estimate of drug-likeness (QED) is 0.253. The van der Waals surface area contributed by atoms with E-state index in [9.17, 15) is 0 Å². The first-order chi connectivity index (χ1) is 12.6. The molecule has 0 unspecified atom stereocenters. The van der Waals surface area contributed by atoms with Gasteiger partial charge in [0.25, 0.3) is 0 Å². The molecule has 2 nitrogen and oxygen atoms in total. The summed E-state index contributed by atoms with van der Waals surface area (Å²) >= 11 is 0. The molecule has 0 fully saturated rings. The van der Waals surface area contributed by atoms with Gasteiger partial charge in [0.15, 0.2) is 0 Å². The summed E-state index contributed by atoms with van der Waals surface area (Å²) in [6.45, 7) is 23.1. The van der Waals surface area contributed by atoms with Crippen LogP contribution in [-0.4, -0.2) is 33.3 Å². The van der Waals surface area contributed by atoms with Gasteiger partial charge in [-0.2, -0.15) is 0 Å². The van der Waals surface area contributed by atoms with Gasteiger partial charge in [0.2, 0.25) is 16.6 Å². The summed E-state index contributed by atoms with van der Waals surface area (Å²) in [6.07, 6.45) is 2.19. The van der Waals surface area contributed by atoms with Gasteiger partial charge in [-0.05, 0) is 44.2 Å². The maximum Gasteiger partial charge on any atom is 0.311 e. The average molecular weight is 445 g/mol. The second-order valence-corrected chi connectivity index (χ2v) is 25.8. The van der Waals surface area contributed by atoms with Gasteiger partial charge in [0.05, 0.1) is 8.07 Å². The molecular formula is C21H48O2Si4. The highest BCUT2D eigenvalue weighted by Crippen LogP contribution is 2.31. The zero-order valence-corrected chi connectivity index (χ0v) is 24.1. The standard InChI is InChI=1S/C21H48O2Si4/c1-11-19-26(15-5,16-6)22-24(9,10)23-27(17-7,18-8)21-20-25(12-2,13-3)14-4/h11,19-21H,12-18H2,1-10H3. The van der Waals surface area contributed by atoms with E-state index in [1.165, 1.54) is 18.1 Å². The van der Waals surface area contributed by atoms with Crippen LogP contribution in [0, 0.1) is 0 Å². The SMILES string of the molecule is CC=C[Si](CC)(CC)O[Si](C)(C)O[Si](C=C[Si](CC)(CC)CC)(CC)CC. The molecule has 160 valence electrons. The van der Waals surface area contributed by atoms with Crippen LogP contribution in [-0.2, 0) is 8.23 Å². The Bertz CT molecular complexity index is 455. The monoisotopic (exact) mass is 444 g/mol. The Morgan fingerprint density at radius 3 is 1.22 bits per heavy atom. The van der Waals surface area contributed by atoms with E-state index in [2.05, 4.69) is 91.7 Å². The molecule has 0 aromatic heterocycles. The van der Waals surface area contributed by atoms with Crippen LogP contribution >= 0.6 is 0 Å². The Morgan fingerprint density at radius 2 is 0.926 bits per heavy atom. The maximum atomic E-state index is 7.05. The third-order valence-electron chi connectivity index (χ3n) is 6.62. The summed E-state index contributed by atoms with van der Waals surface area (Å²) in [5, 5.41) is 0. The van der Waals surface area contributed by atoms with Gasteiger partial charge in [-0.1, -0.05) is 89.8 Å². The van der Waals surface area contributed by atoms with Crippen LogP contribution in [0.15, 0.2) is 23.2 Å². The molecule has 0 bridgehead atoms. The minimum atomic E-state index is -2.19. The highest BCUT2D eigenvalue weighted by Gasteiger charge is 2.43. The Labute approximate surface area is 175 Å². The first-order valence-electron chi connectivity index (χ1n) is 11.4. The summed E-state index contributed by atoms with van der Waals surface area (Å²) < 4.78 is 14.0. The van der Waals surface area contributed by atoms with E-state index in [-0.39, 0.29) is 0 Å². The maximum absolute atomic E-state index is 7.05. The van der Waals surface area contributed by atoms with Crippen molar-refractivity contribution in [2.75, 3.05) is 0 Å². The van der Waals surface area contributed by atoms with Gasteiger partial charge in [0, 0.05) is 0 Å². The summed E-state index contributed by atoms with van der Waals surface area (Å²) in [5.41, 5.74) is 7.63. The molecule has 0 N–H and O–H groups in total. The van der Waals surface area contributed by atoms with Crippen LogP contribution in [0.1, 0.15) is 55.4 Å². The third-order valence-corrected chi connectivity index (χ3v) is 25.7. The van der Waals surface area contributed by atoms with E-state index in [0.29, 0.717) is 0 Å². The second-order valence-electron chi connectivity index (χ2n) is 8.40. The molecule has 6 heteroatoms. The molecule has 0 rings (SSSR count). The van der Waals surface area contributed by atoms with Gasteiger partial charge >= 0.3 is 8.56 Å². The number of hydrogen-bond acceptors (Lipinski definition) is 2. The molecule has 0 aliphatic carbocycles. The van der Waals surface area contributed by atoms with Crippen molar-refractivity contribution < 1.29 is 8.23 Å². The van der Waals surface area contributed by atoms with Gasteiger partial charge in [-0.25, -0.2) is 0 Å². The third kappa shape index (κ3) is 7.89. The van der Waals surface area contributed by atoms with Gasteiger partial charge < -0.3 is 8.23 Å². The molecule has 0 radical (unpaired) electrons. The molecular weight excluding hydrogens is 397 g/mol. The number of hydrogen-bond donors (Lipinski definition) is 0. The summed E-state index contributed by atoms with van der Waals surface area (Å²) in [7, 11) is -7.17. The van der Waals surface area contributed by atoms with E-state index in [4.69, 9.17) is 8.23 Å². The summed E-state index contributed by atoms with van der Waals surface area (Å²) in [6, 6.07) is 8.59. The van der Waals surface area contributed by atoms with E-state index in [1.807, 2.05) is 0 Å². The van der Waals surface area contributed by atoms with Crippen LogP contribution in [0.2, 0.25) is 55.4 Å². The van der Waals surface area contributed by atoms with Crippen LogP contribution < -0.4 is 0 Å².